The fraction of sp³-hybridized carbons (Fsp3) is 0.400. The predicted molar refractivity (Wildman–Crippen MR) is 82.9 cm³/mol. The predicted octanol–water partition coefficient (Wildman–Crippen LogP) is 4.02. The first-order chi connectivity index (χ1) is 9.04. The summed E-state index contributed by atoms with van der Waals surface area (Å²) in [5.41, 5.74) is 3.40. The van der Waals surface area contributed by atoms with E-state index in [2.05, 4.69) is 43.1 Å². The van der Waals surface area contributed by atoms with Gasteiger partial charge < -0.3 is 0 Å². The summed E-state index contributed by atoms with van der Waals surface area (Å²) >= 11 is 1.61. The van der Waals surface area contributed by atoms with Crippen molar-refractivity contribution < 1.29 is 4.21 Å². The maximum Gasteiger partial charge on any atom is 0.0897 e. The zero-order valence-electron chi connectivity index (χ0n) is 11.6. The van der Waals surface area contributed by atoms with E-state index in [1.807, 2.05) is 12.3 Å². The second kappa shape index (κ2) is 6.44. The first kappa shape index (κ1) is 14.4. The van der Waals surface area contributed by atoms with Crippen LogP contribution in [0.4, 0.5) is 0 Å². The third-order valence-corrected chi connectivity index (χ3v) is 5.04. The van der Waals surface area contributed by atoms with Crippen LogP contribution in [-0.4, -0.2) is 9.19 Å². The van der Waals surface area contributed by atoms with E-state index in [1.54, 1.807) is 11.3 Å². The van der Waals surface area contributed by atoms with E-state index in [1.165, 1.54) is 5.56 Å². The molecular weight excluding hydrogens is 274 g/mol. The fourth-order valence-electron chi connectivity index (χ4n) is 1.88. The van der Waals surface area contributed by atoms with Crippen LogP contribution in [0.1, 0.15) is 41.6 Å². The Kier molecular flexibility index (Phi) is 4.88. The maximum atomic E-state index is 12.1. The molecule has 1 aromatic heterocycles. The van der Waals surface area contributed by atoms with Gasteiger partial charge in [-0.05, 0) is 24.0 Å². The van der Waals surface area contributed by atoms with Gasteiger partial charge in [-0.2, -0.15) is 0 Å². The molecule has 19 heavy (non-hydrogen) atoms. The number of thiazole rings is 1. The minimum Gasteiger partial charge on any atom is -0.259 e. The van der Waals surface area contributed by atoms with Crippen molar-refractivity contribution in [2.75, 3.05) is 0 Å². The molecule has 0 amide bonds. The van der Waals surface area contributed by atoms with Gasteiger partial charge in [-0.25, -0.2) is 4.98 Å². The molecule has 2 aromatic rings. The highest BCUT2D eigenvalue weighted by atomic mass is 32.2. The zero-order chi connectivity index (χ0) is 13.8. The van der Waals surface area contributed by atoms with Crippen molar-refractivity contribution in [2.24, 2.45) is 0 Å². The average Bonchev–Trinajstić information content (AvgIpc) is 2.75. The number of hydrogen-bond acceptors (Lipinski definition) is 3. The number of nitrogens with zero attached hydrogens (tertiary/aromatic N) is 1. The fourth-order valence-corrected chi connectivity index (χ4v) is 3.74. The Morgan fingerprint density at radius 3 is 2.42 bits per heavy atom. The van der Waals surface area contributed by atoms with Gasteiger partial charge in [0, 0.05) is 21.9 Å². The summed E-state index contributed by atoms with van der Waals surface area (Å²) in [5.74, 6) is 1.70. The van der Waals surface area contributed by atoms with E-state index in [4.69, 9.17) is 0 Å². The third kappa shape index (κ3) is 4.25. The molecule has 1 heterocycles. The molecule has 0 spiro atoms. The summed E-state index contributed by atoms with van der Waals surface area (Å²) in [6, 6.07) is 8.42. The third-order valence-electron chi connectivity index (χ3n) is 2.95. The molecule has 0 bridgehead atoms. The Labute approximate surface area is 121 Å². The Balaban J connectivity index is 1.95. The summed E-state index contributed by atoms with van der Waals surface area (Å²) < 4.78 is 12.1. The van der Waals surface area contributed by atoms with Crippen molar-refractivity contribution >= 4 is 22.1 Å². The normalized spacial score (nSPS) is 12.8. The lowest BCUT2D eigenvalue weighted by atomic mass is 10.0. The smallest absolute Gasteiger partial charge is 0.0897 e. The molecule has 0 saturated heterocycles. The van der Waals surface area contributed by atoms with Crippen LogP contribution >= 0.6 is 11.3 Å². The van der Waals surface area contributed by atoms with Gasteiger partial charge >= 0.3 is 0 Å². The molecule has 0 aliphatic carbocycles. The molecule has 1 aromatic carbocycles. The van der Waals surface area contributed by atoms with Crippen molar-refractivity contribution in [3.05, 3.63) is 51.5 Å². The lowest BCUT2D eigenvalue weighted by molar-refractivity contribution is 0.681. The summed E-state index contributed by atoms with van der Waals surface area (Å²) in [6.45, 7) is 6.33. The van der Waals surface area contributed by atoms with Crippen molar-refractivity contribution in [1.29, 1.82) is 0 Å². The minimum absolute atomic E-state index is 0.539. The lowest BCUT2D eigenvalue weighted by Gasteiger charge is -2.06. The molecule has 0 N–H and O–H groups in total. The highest BCUT2D eigenvalue weighted by Gasteiger charge is 2.07. The number of rotatable bonds is 5. The molecule has 0 saturated carbocycles. The molecule has 0 radical (unpaired) electrons. The molecule has 102 valence electrons. The van der Waals surface area contributed by atoms with E-state index in [0.717, 1.165) is 16.3 Å². The largest absolute Gasteiger partial charge is 0.259 e. The van der Waals surface area contributed by atoms with Crippen LogP contribution in [-0.2, 0) is 22.3 Å². The van der Waals surface area contributed by atoms with Crippen molar-refractivity contribution in [1.82, 2.24) is 4.98 Å². The maximum absolute atomic E-state index is 12.1. The molecule has 0 fully saturated rings. The van der Waals surface area contributed by atoms with Gasteiger partial charge in [0.1, 0.15) is 0 Å². The van der Waals surface area contributed by atoms with Crippen LogP contribution in [0.2, 0.25) is 0 Å². The van der Waals surface area contributed by atoms with Gasteiger partial charge in [-0.3, -0.25) is 4.21 Å². The molecule has 0 aliphatic heterocycles. The molecular formula is C15H19NOS2. The summed E-state index contributed by atoms with van der Waals surface area (Å²) in [4.78, 5) is 4.36. The molecule has 2 rings (SSSR count). The monoisotopic (exact) mass is 293 g/mol. The molecule has 0 aliphatic rings. The zero-order valence-corrected chi connectivity index (χ0v) is 13.2. The van der Waals surface area contributed by atoms with Gasteiger partial charge in [0.25, 0.3) is 0 Å². The van der Waals surface area contributed by atoms with Crippen LogP contribution < -0.4 is 0 Å². The quantitative estimate of drug-likeness (QED) is 0.833. The highest BCUT2D eigenvalue weighted by molar-refractivity contribution is 7.83. The first-order valence-electron chi connectivity index (χ1n) is 6.39. The van der Waals surface area contributed by atoms with E-state index in [-0.39, 0.29) is 0 Å². The SMILES string of the molecule is Cc1nc(CS(=O)Cc2ccc(C(C)C)cc2)cs1. The number of aryl methyl sites for hydroxylation is 1. The van der Waals surface area contributed by atoms with E-state index in [0.29, 0.717) is 17.4 Å². The molecule has 4 heteroatoms. The average molecular weight is 293 g/mol. The van der Waals surface area contributed by atoms with E-state index >= 15 is 0 Å². The van der Waals surface area contributed by atoms with Crippen LogP contribution in [0.15, 0.2) is 29.6 Å². The molecule has 2 nitrogen and oxygen atoms in total. The molecule has 1 atom stereocenters. The van der Waals surface area contributed by atoms with Crippen LogP contribution in [0.5, 0.6) is 0 Å². The second-order valence-electron chi connectivity index (χ2n) is 4.98. The van der Waals surface area contributed by atoms with Gasteiger partial charge in [-0.15, -0.1) is 11.3 Å². The number of aromatic nitrogens is 1. The summed E-state index contributed by atoms with van der Waals surface area (Å²) in [5, 5.41) is 3.03. The Hall–Kier alpha value is -1.00. The van der Waals surface area contributed by atoms with Gasteiger partial charge in [0.2, 0.25) is 0 Å². The molecule has 1 unspecified atom stereocenters. The van der Waals surface area contributed by atoms with Gasteiger partial charge in [-0.1, -0.05) is 38.1 Å². The second-order valence-corrected chi connectivity index (χ2v) is 7.50. The Morgan fingerprint density at radius 2 is 1.89 bits per heavy atom. The standard InChI is InChI=1S/C15H19NOS2/c1-11(2)14-6-4-13(5-7-14)9-19(17)10-15-8-18-12(3)16-15/h4-8,11H,9-10H2,1-3H3. The number of benzene rings is 1. The lowest BCUT2D eigenvalue weighted by Crippen LogP contribution is -2.00. The van der Waals surface area contributed by atoms with Gasteiger partial charge in [0.05, 0.1) is 16.5 Å². The number of hydrogen-bond donors (Lipinski definition) is 0. The highest BCUT2D eigenvalue weighted by Crippen LogP contribution is 2.16. The minimum atomic E-state index is -0.882. The summed E-state index contributed by atoms with van der Waals surface area (Å²) in [6.07, 6.45) is 0. The Bertz CT molecular complexity index is 558. The van der Waals surface area contributed by atoms with Gasteiger partial charge in [0.15, 0.2) is 0 Å². The van der Waals surface area contributed by atoms with Crippen LogP contribution in [0, 0.1) is 6.92 Å². The van der Waals surface area contributed by atoms with Crippen LogP contribution in [0.25, 0.3) is 0 Å². The van der Waals surface area contributed by atoms with Crippen molar-refractivity contribution in [3.8, 4) is 0 Å². The van der Waals surface area contributed by atoms with E-state index in [9.17, 15) is 4.21 Å². The van der Waals surface area contributed by atoms with Crippen LogP contribution in [0.3, 0.4) is 0 Å². The van der Waals surface area contributed by atoms with Crippen molar-refractivity contribution in [2.45, 2.75) is 38.2 Å². The topological polar surface area (TPSA) is 30.0 Å². The first-order valence-corrected chi connectivity index (χ1v) is 8.76. The van der Waals surface area contributed by atoms with E-state index < -0.39 is 10.8 Å². The Morgan fingerprint density at radius 1 is 1.21 bits per heavy atom. The summed E-state index contributed by atoms with van der Waals surface area (Å²) in [7, 11) is -0.882. The van der Waals surface area contributed by atoms with Crippen molar-refractivity contribution in [3.63, 3.8) is 0 Å².